The number of carboxylic acids is 1. The molecule has 1 aromatic rings. The van der Waals surface area contributed by atoms with E-state index in [0.717, 1.165) is 11.1 Å². The average Bonchev–Trinajstić information content (AvgIpc) is 2.65. The van der Waals surface area contributed by atoms with Crippen LogP contribution in [0.5, 0.6) is 0 Å². The molecule has 86 valence electrons. The zero-order valence-corrected chi connectivity index (χ0v) is 9.05. The number of ether oxygens (including phenoxy) is 2. The molecule has 0 radical (unpaired) electrons. The van der Waals surface area contributed by atoms with Gasteiger partial charge in [0.25, 0.3) is 0 Å². The highest BCUT2D eigenvalue weighted by Crippen LogP contribution is 2.28. The van der Waals surface area contributed by atoms with Crippen molar-refractivity contribution in [3.8, 4) is 0 Å². The van der Waals surface area contributed by atoms with Crippen molar-refractivity contribution in [2.75, 3.05) is 6.61 Å². The molecule has 1 aliphatic heterocycles. The van der Waals surface area contributed by atoms with Crippen LogP contribution >= 0.6 is 0 Å². The van der Waals surface area contributed by atoms with E-state index in [4.69, 9.17) is 14.6 Å². The van der Waals surface area contributed by atoms with E-state index >= 15 is 0 Å². The first-order chi connectivity index (χ1) is 7.65. The zero-order valence-electron chi connectivity index (χ0n) is 9.05. The Bertz CT molecular complexity index is 388. The molecule has 2 rings (SSSR count). The van der Waals surface area contributed by atoms with Crippen molar-refractivity contribution in [1.82, 2.24) is 0 Å². The van der Waals surface area contributed by atoms with Gasteiger partial charge in [0.2, 0.25) is 0 Å². The summed E-state index contributed by atoms with van der Waals surface area (Å²) in [5, 5.41) is 8.64. The third-order valence-electron chi connectivity index (χ3n) is 2.47. The van der Waals surface area contributed by atoms with Gasteiger partial charge in [-0.05, 0) is 6.92 Å². The van der Waals surface area contributed by atoms with Gasteiger partial charge in [-0.25, -0.2) is 0 Å². The summed E-state index contributed by atoms with van der Waals surface area (Å²) in [6.07, 6.45) is -0.783. The van der Waals surface area contributed by atoms with Gasteiger partial charge in [-0.2, -0.15) is 0 Å². The minimum atomic E-state index is -0.863. The summed E-state index contributed by atoms with van der Waals surface area (Å²) >= 11 is 0. The lowest BCUT2D eigenvalue weighted by molar-refractivity contribution is -0.140. The van der Waals surface area contributed by atoms with Crippen molar-refractivity contribution in [1.29, 1.82) is 0 Å². The van der Waals surface area contributed by atoms with Gasteiger partial charge in [0, 0.05) is 5.56 Å². The number of hydrogen-bond acceptors (Lipinski definition) is 3. The molecule has 2 unspecified atom stereocenters. The summed E-state index contributed by atoms with van der Waals surface area (Å²) in [6.45, 7) is 2.33. The first-order valence-electron chi connectivity index (χ1n) is 5.20. The Morgan fingerprint density at radius 3 is 3.06 bits per heavy atom. The predicted octanol–water partition coefficient (Wildman–Crippen LogP) is 1.88. The van der Waals surface area contributed by atoms with Gasteiger partial charge in [0.15, 0.2) is 6.29 Å². The highest BCUT2D eigenvalue weighted by molar-refractivity contribution is 5.67. The Morgan fingerprint density at radius 2 is 2.38 bits per heavy atom. The van der Waals surface area contributed by atoms with Crippen LogP contribution in [0.15, 0.2) is 24.3 Å². The topological polar surface area (TPSA) is 55.8 Å². The molecule has 0 amide bonds. The lowest BCUT2D eigenvalue weighted by Gasteiger charge is -2.11. The number of aliphatic carboxylic acids is 1. The Kier molecular flexibility index (Phi) is 3.22. The van der Waals surface area contributed by atoms with Crippen LogP contribution in [-0.2, 0) is 14.3 Å². The van der Waals surface area contributed by atoms with Crippen LogP contribution in [0, 0.1) is 6.92 Å². The fourth-order valence-corrected chi connectivity index (χ4v) is 1.74. The van der Waals surface area contributed by atoms with Crippen LogP contribution in [-0.4, -0.2) is 23.8 Å². The van der Waals surface area contributed by atoms with E-state index in [2.05, 4.69) is 0 Å². The molecule has 16 heavy (non-hydrogen) atoms. The molecule has 0 bridgehead atoms. The maximum absolute atomic E-state index is 10.5. The van der Waals surface area contributed by atoms with Crippen LogP contribution in [0.3, 0.4) is 0 Å². The maximum Gasteiger partial charge on any atom is 0.306 e. The van der Waals surface area contributed by atoms with Crippen molar-refractivity contribution in [3.63, 3.8) is 0 Å². The predicted molar refractivity (Wildman–Crippen MR) is 57.0 cm³/mol. The van der Waals surface area contributed by atoms with E-state index in [1.807, 2.05) is 31.2 Å². The minimum absolute atomic E-state index is 0.0116. The van der Waals surface area contributed by atoms with E-state index in [0.29, 0.717) is 6.61 Å². The third kappa shape index (κ3) is 2.59. The van der Waals surface area contributed by atoms with Crippen LogP contribution in [0.25, 0.3) is 0 Å². The maximum atomic E-state index is 10.5. The zero-order chi connectivity index (χ0) is 11.5. The quantitative estimate of drug-likeness (QED) is 0.848. The molecule has 4 nitrogen and oxygen atoms in total. The summed E-state index contributed by atoms with van der Waals surface area (Å²) in [5.41, 5.74) is 2.07. The Labute approximate surface area is 93.8 Å². The second-order valence-electron chi connectivity index (χ2n) is 3.94. The van der Waals surface area contributed by atoms with Crippen LogP contribution < -0.4 is 0 Å². The number of benzene rings is 1. The normalized spacial score (nSPS) is 24.6. The van der Waals surface area contributed by atoms with E-state index in [-0.39, 0.29) is 12.5 Å². The summed E-state index contributed by atoms with van der Waals surface area (Å²) in [4.78, 5) is 10.5. The molecule has 1 N–H and O–H groups in total. The lowest BCUT2D eigenvalue weighted by atomic mass is 10.1. The molecule has 1 heterocycles. The number of carboxylic acid groups (broad SMARTS) is 1. The Morgan fingerprint density at radius 1 is 1.56 bits per heavy atom. The highest BCUT2D eigenvalue weighted by atomic mass is 16.7. The Hall–Kier alpha value is -1.39. The molecular weight excluding hydrogens is 208 g/mol. The molecule has 1 fully saturated rings. The number of aryl methyl sites for hydroxylation is 1. The van der Waals surface area contributed by atoms with E-state index in [1.165, 1.54) is 0 Å². The summed E-state index contributed by atoms with van der Waals surface area (Å²) in [7, 11) is 0. The summed E-state index contributed by atoms with van der Waals surface area (Å²) < 4.78 is 10.9. The van der Waals surface area contributed by atoms with Gasteiger partial charge in [0.1, 0.15) is 0 Å². The number of rotatable bonds is 3. The summed E-state index contributed by atoms with van der Waals surface area (Å²) in [5.74, 6) is -0.863. The fraction of sp³-hybridized carbons (Fsp3) is 0.417. The van der Waals surface area contributed by atoms with Crippen LogP contribution in [0.4, 0.5) is 0 Å². The molecule has 1 aliphatic rings. The monoisotopic (exact) mass is 222 g/mol. The molecule has 1 aromatic carbocycles. The van der Waals surface area contributed by atoms with Gasteiger partial charge in [-0.15, -0.1) is 0 Å². The third-order valence-corrected chi connectivity index (χ3v) is 2.47. The van der Waals surface area contributed by atoms with Gasteiger partial charge in [-0.3, -0.25) is 4.79 Å². The van der Waals surface area contributed by atoms with Crippen molar-refractivity contribution >= 4 is 5.97 Å². The molecule has 0 spiro atoms. The van der Waals surface area contributed by atoms with Crippen molar-refractivity contribution < 1.29 is 19.4 Å². The summed E-state index contributed by atoms with van der Waals surface area (Å²) in [6, 6.07) is 7.82. The van der Waals surface area contributed by atoms with Gasteiger partial charge < -0.3 is 14.6 Å². The van der Waals surface area contributed by atoms with Crippen molar-refractivity contribution in [2.45, 2.75) is 25.7 Å². The average molecular weight is 222 g/mol. The van der Waals surface area contributed by atoms with Crippen molar-refractivity contribution in [3.05, 3.63) is 35.4 Å². The second kappa shape index (κ2) is 4.63. The van der Waals surface area contributed by atoms with E-state index in [1.54, 1.807) is 0 Å². The first kappa shape index (κ1) is 11.1. The smallest absolute Gasteiger partial charge is 0.306 e. The van der Waals surface area contributed by atoms with Crippen molar-refractivity contribution in [2.24, 2.45) is 0 Å². The molecule has 4 heteroatoms. The highest BCUT2D eigenvalue weighted by Gasteiger charge is 2.28. The van der Waals surface area contributed by atoms with Gasteiger partial charge >= 0.3 is 5.97 Å². The lowest BCUT2D eigenvalue weighted by Crippen LogP contribution is -2.15. The fourth-order valence-electron chi connectivity index (χ4n) is 1.74. The van der Waals surface area contributed by atoms with E-state index in [9.17, 15) is 4.79 Å². The minimum Gasteiger partial charge on any atom is -0.481 e. The van der Waals surface area contributed by atoms with E-state index < -0.39 is 12.3 Å². The van der Waals surface area contributed by atoms with Crippen LogP contribution in [0.2, 0.25) is 0 Å². The largest absolute Gasteiger partial charge is 0.481 e. The molecule has 0 saturated carbocycles. The Balaban J connectivity index is 2.00. The molecule has 0 aromatic heterocycles. The van der Waals surface area contributed by atoms with Gasteiger partial charge in [0.05, 0.1) is 19.1 Å². The first-order valence-corrected chi connectivity index (χ1v) is 5.20. The molecule has 0 aliphatic carbocycles. The molecular formula is C12H14O4. The second-order valence-corrected chi connectivity index (χ2v) is 3.94. The van der Waals surface area contributed by atoms with Gasteiger partial charge in [-0.1, -0.05) is 29.8 Å². The number of hydrogen-bond donors (Lipinski definition) is 1. The molecule has 2 atom stereocenters. The number of carbonyl (C=O) groups is 1. The van der Waals surface area contributed by atoms with Crippen LogP contribution in [0.1, 0.15) is 23.8 Å². The SMILES string of the molecule is Cc1cccc(C2OCC(CC(=O)O)O2)c1. The molecule has 1 saturated heterocycles. The standard InChI is InChI=1S/C12H14O4/c1-8-3-2-4-9(5-8)12-15-7-10(16-12)6-11(13)14/h2-5,10,12H,6-7H2,1H3,(H,13,14).